The van der Waals surface area contributed by atoms with Gasteiger partial charge in [-0.05, 0) is 50.8 Å². The van der Waals surface area contributed by atoms with Crippen molar-refractivity contribution >= 4 is 37.3 Å². The highest BCUT2D eigenvalue weighted by Crippen LogP contribution is 2.50. The molecule has 0 bridgehead atoms. The van der Waals surface area contributed by atoms with Gasteiger partial charge in [-0.1, -0.05) is 12.1 Å². The lowest BCUT2D eigenvalue weighted by atomic mass is 9.59. The first-order chi connectivity index (χ1) is 17.1. The van der Waals surface area contributed by atoms with E-state index in [0.29, 0.717) is 30.4 Å². The van der Waals surface area contributed by atoms with E-state index >= 15 is 0 Å². The first kappa shape index (κ1) is 26.9. The van der Waals surface area contributed by atoms with E-state index < -0.39 is 30.6 Å². The van der Waals surface area contributed by atoms with E-state index in [9.17, 15) is 23.1 Å². The third-order valence-corrected chi connectivity index (χ3v) is 11.5. The third-order valence-electron chi connectivity index (χ3n) is 8.02. The maximum Gasteiger partial charge on any atom is 0.272 e. The number of aliphatic hydroxyl groups is 1. The minimum absolute atomic E-state index is 0.0402. The number of amides is 2. The van der Waals surface area contributed by atoms with Gasteiger partial charge in [0.1, 0.15) is 21.4 Å². The zero-order valence-corrected chi connectivity index (χ0v) is 22.6. The molecule has 37 heavy (non-hydrogen) atoms. The van der Waals surface area contributed by atoms with Gasteiger partial charge in [0.15, 0.2) is 15.5 Å². The summed E-state index contributed by atoms with van der Waals surface area (Å²) in [6, 6.07) is 8.91. The molecule has 1 aromatic heterocycles. The van der Waals surface area contributed by atoms with Crippen LogP contribution in [0.4, 0.5) is 0 Å². The van der Waals surface area contributed by atoms with Crippen LogP contribution in [0.3, 0.4) is 0 Å². The van der Waals surface area contributed by atoms with Crippen molar-refractivity contribution in [3.8, 4) is 6.07 Å². The number of nitriles is 1. The summed E-state index contributed by atoms with van der Waals surface area (Å²) < 4.78 is 26.1. The second kappa shape index (κ2) is 9.03. The van der Waals surface area contributed by atoms with Gasteiger partial charge in [-0.15, -0.1) is 0 Å². The largest absolute Gasteiger partial charge is 0.406 e. The summed E-state index contributed by atoms with van der Waals surface area (Å²) in [6.45, 7) is 3.62. The van der Waals surface area contributed by atoms with Gasteiger partial charge >= 0.3 is 0 Å². The lowest BCUT2D eigenvalue weighted by Gasteiger charge is -2.41. The number of rotatable bonds is 8. The number of hydrogen-bond acceptors (Lipinski definition) is 7. The van der Waals surface area contributed by atoms with Crippen LogP contribution in [0.2, 0.25) is 0 Å². The molecule has 1 aliphatic heterocycles. The predicted octanol–water partition coefficient (Wildman–Crippen LogP) is -1.14. The number of carbonyl (C=O) groups is 2. The molecule has 13 heteroatoms. The highest BCUT2D eigenvalue weighted by Gasteiger charge is 2.63. The number of nitrogens with zero attached hydrogens (tertiary/aromatic N) is 4. The second-order valence-electron chi connectivity index (χ2n) is 11.0. The van der Waals surface area contributed by atoms with Crippen molar-refractivity contribution in [2.45, 2.75) is 54.5 Å². The van der Waals surface area contributed by atoms with Gasteiger partial charge in [-0.3, -0.25) is 14.3 Å². The molecule has 0 unspecified atom stereocenters. The van der Waals surface area contributed by atoms with Gasteiger partial charge in [0.2, 0.25) is 0 Å². The summed E-state index contributed by atoms with van der Waals surface area (Å²) in [5.41, 5.74) is 2.36. The van der Waals surface area contributed by atoms with Crippen LogP contribution in [0.1, 0.15) is 64.4 Å². The molecule has 194 valence electrons. The van der Waals surface area contributed by atoms with Crippen LogP contribution in [-0.4, -0.2) is 83.7 Å². The minimum Gasteiger partial charge on any atom is -0.406 e. The maximum absolute atomic E-state index is 13.6. The summed E-state index contributed by atoms with van der Waals surface area (Å²) in [7, 11) is 0.783. The average Bonchev–Trinajstić information content (AvgIpc) is 3.55. The smallest absolute Gasteiger partial charge is 0.272 e. The van der Waals surface area contributed by atoms with Crippen LogP contribution in [-0.2, 0) is 29.9 Å². The molecular formula is C24H31B2N5O5S. The Morgan fingerprint density at radius 3 is 2.43 bits per heavy atom. The topological polar surface area (TPSA) is 145 Å². The van der Waals surface area contributed by atoms with Crippen LogP contribution >= 0.6 is 0 Å². The molecule has 2 N–H and O–H groups in total. The normalized spacial score (nSPS) is 17.2. The number of fused-ring (bicyclic) bond motifs is 1. The molecule has 2 aromatic rings. The Morgan fingerprint density at radius 1 is 1.27 bits per heavy atom. The van der Waals surface area contributed by atoms with E-state index in [0.717, 1.165) is 5.56 Å². The maximum atomic E-state index is 13.6. The highest BCUT2D eigenvalue weighted by atomic mass is 32.2. The summed E-state index contributed by atoms with van der Waals surface area (Å²) in [6.07, 6.45) is 1.24. The second-order valence-corrected chi connectivity index (χ2v) is 13.9. The van der Waals surface area contributed by atoms with Crippen molar-refractivity contribution in [1.82, 2.24) is 20.0 Å². The van der Waals surface area contributed by atoms with Crippen molar-refractivity contribution in [1.29, 1.82) is 5.26 Å². The quantitative estimate of drug-likeness (QED) is 0.416. The van der Waals surface area contributed by atoms with Crippen LogP contribution in [0.15, 0.2) is 24.3 Å². The molecule has 0 atom stereocenters. The zero-order chi connectivity index (χ0) is 27.4. The molecule has 1 aliphatic carbocycles. The van der Waals surface area contributed by atoms with Crippen LogP contribution in [0.5, 0.6) is 0 Å². The van der Waals surface area contributed by atoms with Crippen molar-refractivity contribution in [3.63, 3.8) is 0 Å². The lowest BCUT2D eigenvalue weighted by Crippen LogP contribution is -2.61. The first-order valence-electron chi connectivity index (χ1n) is 12.2. The van der Waals surface area contributed by atoms with E-state index in [1.807, 2.05) is 6.07 Å². The van der Waals surface area contributed by atoms with Crippen molar-refractivity contribution in [3.05, 3.63) is 52.3 Å². The van der Waals surface area contributed by atoms with E-state index in [2.05, 4.69) is 10.4 Å². The molecular weight excluding hydrogens is 492 g/mol. The SMILES string of the molecule is BC(B)(O)C(C)(C)S(=O)(=O)C1(CN2CCc3c(C(=O)NCc4ccc(C#N)cc4)nn(C)c3C2=O)CC1. The fourth-order valence-corrected chi connectivity index (χ4v) is 7.44. The summed E-state index contributed by atoms with van der Waals surface area (Å²) in [4.78, 5) is 27.9. The van der Waals surface area contributed by atoms with Crippen molar-refractivity contribution in [2.24, 2.45) is 7.05 Å². The molecule has 1 aromatic carbocycles. The van der Waals surface area contributed by atoms with Crippen LogP contribution < -0.4 is 5.32 Å². The Balaban J connectivity index is 1.51. The van der Waals surface area contributed by atoms with Gasteiger partial charge in [-0.2, -0.15) is 10.4 Å². The number of sulfone groups is 1. The highest BCUT2D eigenvalue weighted by molar-refractivity contribution is 7.94. The average molecular weight is 523 g/mol. The minimum atomic E-state index is -3.79. The van der Waals surface area contributed by atoms with Crippen LogP contribution in [0.25, 0.3) is 0 Å². The van der Waals surface area contributed by atoms with Gasteiger partial charge in [0.05, 0.1) is 21.1 Å². The van der Waals surface area contributed by atoms with Gasteiger partial charge < -0.3 is 15.3 Å². The van der Waals surface area contributed by atoms with E-state index in [-0.39, 0.29) is 36.9 Å². The molecule has 0 spiro atoms. The molecule has 2 amide bonds. The summed E-state index contributed by atoms with van der Waals surface area (Å²) in [5.74, 6) is -0.763. The number of hydrogen-bond donors (Lipinski definition) is 2. The Kier molecular flexibility index (Phi) is 6.57. The molecule has 2 heterocycles. The molecule has 10 nitrogen and oxygen atoms in total. The number of benzene rings is 1. The standard InChI is InChI=1S/C24H31B2N5O5S/c1-22(2,24(25,26)34)37(35,36)23(9-10-23)14-31-11-8-17-18(29-30(3)19(17)21(31)33)20(32)28-13-16-6-4-15(12-27)5-7-16/h4-7,34H,8-11,13-14,25-26H2,1-3H3,(H,28,32). The van der Waals surface area contributed by atoms with Gasteiger partial charge in [0, 0.05) is 37.6 Å². The van der Waals surface area contributed by atoms with Crippen molar-refractivity contribution in [2.75, 3.05) is 13.1 Å². The van der Waals surface area contributed by atoms with E-state index in [1.165, 1.54) is 39.1 Å². The molecule has 1 saturated carbocycles. The summed E-state index contributed by atoms with van der Waals surface area (Å²) in [5, 5.41) is 25.2. The zero-order valence-electron chi connectivity index (χ0n) is 21.8. The number of aryl methyl sites for hydroxylation is 1. The Bertz CT molecular complexity index is 1400. The third kappa shape index (κ3) is 4.46. The fraction of sp³-hybridized carbons (Fsp3) is 0.500. The van der Waals surface area contributed by atoms with E-state index in [4.69, 9.17) is 5.26 Å². The fourth-order valence-electron chi connectivity index (χ4n) is 4.74. The van der Waals surface area contributed by atoms with E-state index in [1.54, 1.807) is 31.3 Å². The van der Waals surface area contributed by atoms with Gasteiger partial charge in [0.25, 0.3) is 11.8 Å². The Hall–Kier alpha value is -3.10. The molecule has 1 fully saturated rings. The lowest BCUT2D eigenvalue weighted by molar-refractivity contribution is 0.0723. The summed E-state index contributed by atoms with van der Waals surface area (Å²) >= 11 is 0. The molecule has 4 rings (SSSR count). The predicted molar refractivity (Wildman–Crippen MR) is 142 cm³/mol. The van der Waals surface area contributed by atoms with Crippen LogP contribution in [0, 0.1) is 11.3 Å². The molecule has 0 radical (unpaired) electrons. The number of nitrogens with one attached hydrogen (secondary N) is 1. The number of carbonyl (C=O) groups excluding carboxylic acids is 2. The monoisotopic (exact) mass is 523 g/mol. The molecule has 0 saturated heterocycles. The first-order valence-corrected chi connectivity index (χ1v) is 13.7. The van der Waals surface area contributed by atoms with Crippen molar-refractivity contribution < 1.29 is 23.1 Å². The Labute approximate surface area is 218 Å². The van der Waals surface area contributed by atoms with Gasteiger partial charge in [-0.25, -0.2) is 8.42 Å². The molecule has 2 aliphatic rings. The Morgan fingerprint density at radius 2 is 1.89 bits per heavy atom. The number of aromatic nitrogens is 2.